The molecule has 1 aromatic heterocycles. The monoisotopic (exact) mass is 279 g/mol. The molecule has 0 aliphatic heterocycles. The first-order valence-electron chi connectivity index (χ1n) is 5.91. The second kappa shape index (κ2) is 4.92. The standard InChI is InChI=1S/C13H14FN3O3/c1-13(2,3)20-12(19)17-16-10-8-6-7(14)4-5-9(8)15-11(10)18/h4-6,15,18H,1-3H3. The Morgan fingerprint density at radius 1 is 1.40 bits per heavy atom. The molecular weight excluding hydrogens is 265 g/mol. The van der Waals surface area contributed by atoms with Gasteiger partial charge in [0.15, 0.2) is 5.69 Å². The van der Waals surface area contributed by atoms with Gasteiger partial charge in [0.2, 0.25) is 5.88 Å². The Bertz CT molecular complexity index is 686. The van der Waals surface area contributed by atoms with Gasteiger partial charge in [-0.3, -0.25) is 0 Å². The molecule has 0 radical (unpaired) electrons. The van der Waals surface area contributed by atoms with E-state index in [1.807, 2.05) is 0 Å². The van der Waals surface area contributed by atoms with E-state index in [4.69, 9.17) is 4.74 Å². The normalized spacial score (nSPS) is 12.2. The maximum absolute atomic E-state index is 13.2. The zero-order chi connectivity index (χ0) is 14.9. The summed E-state index contributed by atoms with van der Waals surface area (Å²) in [7, 11) is 0. The van der Waals surface area contributed by atoms with E-state index in [1.165, 1.54) is 18.2 Å². The number of aromatic amines is 1. The second-order valence-corrected chi connectivity index (χ2v) is 5.19. The predicted molar refractivity (Wildman–Crippen MR) is 70.7 cm³/mol. The molecular formula is C13H14FN3O3. The van der Waals surface area contributed by atoms with Gasteiger partial charge >= 0.3 is 6.09 Å². The fourth-order valence-corrected chi connectivity index (χ4v) is 1.61. The van der Waals surface area contributed by atoms with Crippen LogP contribution in [-0.2, 0) is 4.74 Å². The van der Waals surface area contributed by atoms with E-state index >= 15 is 0 Å². The van der Waals surface area contributed by atoms with Crippen LogP contribution in [0.2, 0.25) is 0 Å². The summed E-state index contributed by atoms with van der Waals surface area (Å²) in [6.45, 7) is 5.08. The summed E-state index contributed by atoms with van der Waals surface area (Å²) in [6, 6.07) is 3.89. The highest BCUT2D eigenvalue weighted by molar-refractivity contribution is 5.94. The van der Waals surface area contributed by atoms with Crippen molar-refractivity contribution in [3.05, 3.63) is 24.0 Å². The lowest BCUT2D eigenvalue weighted by molar-refractivity contribution is 0.0592. The first-order valence-corrected chi connectivity index (χ1v) is 5.91. The average Bonchev–Trinajstić information content (AvgIpc) is 2.59. The van der Waals surface area contributed by atoms with Crippen LogP contribution in [0.5, 0.6) is 5.88 Å². The second-order valence-electron chi connectivity index (χ2n) is 5.19. The van der Waals surface area contributed by atoms with Crippen LogP contribution in [0.25, 0.3) is 10.9 Å². The molecule has 6 nitrogen and oxygen atoms in total. The molecule has 0 aliphatic rings. The SMILES string of the molecule is CC(C)(C)OC(=O)N=Nc1c(O)[nH]c2ccc(F)cc12. The molecule has 0 saturated carbocycles. The number of azo groups is 1. The largest absolute Gasteiger partial charge is 0.493 e. The van der Waals surface area contributed by atoms with Crippen LogP contribution in [-0.4, -0.2) is 21.8 Å². The number of aromatic nitrogens is 1. The maximum atomic E-state index is 13.2. The summed E-state index contributed by atoms with van der Waals surface area (Å²) in [6.07, 6.45) is -0.886. The van der Waals surface area contributed by atoms with Crippen molar-refractivity contribution in [2.75, 3.05) is 0 Å². The highest BCUT2D eigenvalue weighted by atomic mass is 19.1. The smallest absolute Gasteiger partial charge is 0.452 e. The van der Waals surface area contributed by atoms with Crippen LogP contribution >= 0.6 is 0 Å². The van der Waals surface area contributed by atoms with Crippen LogP contribution < -0.4 is 0 Å². The number of rotatable bonds is 1. The molecule has 0 fully saturated rings. The van der Waals surface area contributed by atoms with Gasteiger partial charge in [-0.05, 0) is 39.0 Å². The Morgan fingerprint density at radius 3 is 2.75 bits per heavy atom. The number of halogens is 1. The molecule has 106 valence electrons. The van der Waals surface area contributed by atoms with Crippen LogP contribution in [0.1, 0.15) is 20.8 Å². The summed E-state index contributed by atoms with van der Waals surface area (Å²) in [5.41, 5.74) is -0.211. The quantitative estimate of drug-likeness (QED) is 0.772. The molecule has 0 aliphatic carbocycles. The molecule has 1 aromatic carbocycles. The van der Waals surface area contributed by atoms with Gasteiger partial charge in [0, 0.05) is 5.39 Å². The Hall–Kier alpha value is -2.44. The molecule has 1 heterocycles. The third kappa shape index (κ3) is 3.11. The van der Waals surface area contributed by atoms with E-state index in [9.17, 15) is 14.3 Å². The van der Waals surface area contributed by atoms with Gasteiger partial charge < -0.3 is 14.8 Å². The van der Waals surface area contributed by atoms with Gasteiger partial charge in [-0.25, -0.2) is 9.18 Å². The van der Waals surface area contributed by atoms with Crippen molar-refractivity contribution < 1.29 is 19.0 Å². The number of fused-ring (bicyclic) bond motifs is 1. The minimum absolute atomic E-state index is 0.00893. The summed E-state index contributed by atoms with van der Waals surface area (Å²) < 4.78 is 18.1. The molecule has 0 atom stereocenters. The molecule has 2 N–H and O–H groups in total. The Labute approximate surface area is 114 Å². The van der Waals surface area contributed by atoms with E-state index in [1.54, 1.807) is 20.8 Å². The lowest BCUT2D eigenvalue weighted by Crippen LogP contribution is -2.21. The lowest BCUT2D eigenvalue weighted by atomic mass is 10.2. The number of nitrogens with one attached hydrogen (secondary N) is 1. The fraction of sp³-hybridized carbons (Fsp3) is 0.308. The first kappa shape index (κ1) is 14.0. The van der Waals surface area contributed by atoms with Crippen molar-refractivity contribution in [1.29, 1.82) is 0 Å². The summed E-state index contributed by atoms with van der Waals surface area (Å²) in [5.74, 6) is -0.775. The number of amides is 1. The van der Waals surface area contributed by atoms with Gasteiger partial charge in [-0.15, -0.1) is 5.11 Å². The zero-order valence-electron chi connectivity index (χ0n) is 11.3. The lowest BCUT2D eigenvalue weighted by Gasteiger charge is -2.16. The van der Waals surface area contributed by atoms with Crippen LogP contribution in [0, 0.1) is 5.82 Å². The van der Waals surface area contributed by atoms with E-state index in [-0.39, 0.29) is 11.6 Å². The number of benzene rings is 1. The molecule has 0 unspecified atom stereocenters. The number of aromatic hydroxyl groups is 1. The van der Waals surface area contributed by atoms with Crippen LogP contribution in [0.4, 0.5) is 14.9 Å². The van der Waals surface area contributed by atoms with Crippen molar-refractivity contribution in [2.24, 2.45) is 10.2 Å². The molecule has 0 bridgehead atoms. The predicted octanol–water partition coefficient (Wildman–Crippen LogP) is 4.03. The fourth-order valence-electron chi connectivity index (χ4n) is 1.61. The number of hydrogen-bond donors (Lipinski definition) is 2. The molecule has 0 saturated heterocycles. The van der Waals surface area contributed by atoms with E-state index in [0.717, 1.165) is 0 Å². The summed E-state index contributed by atoms with van der Waals surface area (Å²) in [5, 5.41) is 17.0. The third-order valence-electron chi connectivity index (χ3n) is 2.34. The number of nitrogens with zero attached hydrogens (tertiary/aromatic N) is 2. The zero-order valence-corrected chi connectivity index (χ0v) is 11.3. The number of carbonyl (C=O) groups excluding carboxylic acids is 1. The average molecular weight is 279 g/mol. The van der Waals surface area contributed by atoms with Gasteiger partial charge in [0.05, 0.1) is 5.52 Å². The van der Waals surface area contributed by atoms with Gasteiger partial charge in [-0.2, -0.15) is 0 Å². The Balaban J connectivity index is 2.31. The number of H-pyrrole nitrogens is 1. The first-order chi connectivity index (χ1) is 9.26. The molecule has 1 amide bonds. The van der Waals surface area contributed by atoms with Gasteiger partial charge in [0.25, 0.3) is 0 Å². The number of carbonyl (C=O) groups is 1. The van der Waals surface area contributed by atoms with Crippen LogP contribution in [0.3, 0.4) is 0 Å². The summed E-state index contributed by atoms with van der Waals surface area (Å²) >= 11 is 0. The van der Waals surface area contributed by atoms with E-state index in [2.05, 4.69) is 15.2 Å². The number of ether oxygens (including phenoxy) is 1. The van der Waals surface area contributed by atoms with Gasteiger partial charge in [-0.1, -0.05) is 5.11 Å². The van der Waals surface area contributed by atoms with Gasteiger partial charge in [0.1, 0.15) is 11.4 Å². The van der Waals surface area contributed by atoms with Crippen molar-refractivity contribution in [3.63, 3.8) is 0 Å². The molecule has 2 rings (SSSR count). The van der Waals surface area contributed by atoms with Crippen molar-refractivity contribution in [3.8, 4) is 5.88 Å². The number of hydrogen-bond acceptors (Lipinski definition) is 4. The Morgan fingerprint density at radius 2 is 2.10 bits per heavy atom. The molecule has 20 heavy (non-hydrogen) atoms. The van der Waals surface area contributed by atoms with Crippen LogP contribution in [0.15, 0.2) is 28.4 Å². The summed E-state index contributed by atoms with van der Waals surface area (Å²) in [4.78, 5) is 14.0. The molecule has 2 aromatic rings. The highest BCUT2D eigenvalue weighted by Crippen LogP contribution is 2.35. The van der Waals surface area contributed by atoms with Crippen molar-refractivity contribution in [1.82, 2.24) is 4.98 Å². The minimum atomic E-state index is -0.886. The topological polar surface area (TPSA) is 87.0 Å². The van der Waals surface area contributed by atoms with E-state index < -0.39 is 17.5 Å². The minimum Gasteiger partial charge on any atom is -0.493 e. The van der Waals surface area contributed by atoms with E-state index in [0.29, 0.717) is 10.9 Å². The third-order valence-corrected chi connectivity index (χ3v) is 2.34. The Kier molecular flexibility index (Phi) is 3.44. The van der Waals surface area contributed by atoms with Crippen molar-refractivity contribution in [2.45, 2.75) is 26.4 Å². The van der Waals surface area contributed by atoms with Crippen molar-refractivity contribution >= 4 is 22.7 Å². The maximum Gasteiger partial charge on any atom is 0.452 e. The molecule has 0 spiro atoms. The molecule has 7 heteroatoms. The highest BCUT2D eigenvalue weighted by Gasteiger charge is 2.17.